The van der Waals surface area contributed by atoms with Crippen LogP contribution < -0.4 is 0 Å². The minimum atomic E-state index is -0.316. The van der Waals surface area contributed by atoms with Crippen LogP contribution in [0.1, 0.15) is 24.0 Å². The molecule has 1 aliphatic heterocycles. The molecule has 2 aromatic carbocycles. The number of hydrogen-bond donors (Lipinski definition) is 0. The van der Waals surface area contributed by atoms with Crippen LogP contribution in [-0.4, -0.2) is 29.9 Å². The van der Waals surface area contributed by atoms with E-state index >= 15 is 0 Å². The summed E-state index contributed by atoms with van der Waals surface area (Å²) >= 11 is 0. The molecule has 140 valence electrons. The van der Waals surface area contributed by atoms with E-state index in [1.54, 1.807) is 29.2 Å². The molecule has 1 aliphatic rings. The summed E-state index contributed by atoms with van der Waals surface area (Å²) in [5, 5.41) is 0. The Morgan fingerprint density at radius 1 is 1.04 bits per heavy atom. The van der Waals surface area contributed by atoms with E-state index in [9.17, 15) is 14.0 Å². The zero-order valence-electron chi connectivity index (χ0n) is 15.0. The van der Waals surface area contributed by atoms with Gasteiger partial charge in [-0.2, -0.15) is 0 Å². The Hall–Kier alpha value is -2.95. The third kappa shape index (κ3) is 5.51. The summed E-state index contributed by atoms with van der Waals surface area (Å²) < 4.78 is 18.2. The SMILES string of the molecule is O=C(OCc1ccc(F)cc1)C1CCN(C(=O)/C=C/c2ccccc2)CC1. The molecule has 1 fully saturated rings. The molecule has 1 heterocycles. The summed E-state index contributed by atoms with van der Waals surface area (Å²) in [7, 11) is 0. The second kappa shape index (κ2) is 9.12. The molecule has 0 aliphatic carbocycles. The number of piperidine rings is 1. The fourth-order valence-electron chi connectivity index (χ4n) is 3.03. The van der Waals surface area contributed by atoms with Gasteiger partial charge in [0, 0.05) is 19.2 Å². The molecule has 2 aromatic rings. The molecule has 3 rings (SSSR count). The number of benzene rings is 2. The number of hydrogen-bond acceptors (Lipinski definition) is 3. The maximum absolute atomic E-state index is 12.9. The van der Waals surface area contributed by atoms with Gasteiger partial charge in [0.05, 0.1) is 5.92 Å². The molecule has 0 atom stereocenters. The fraction of sp³-hybridized carbons (Fsp3) is 0.273. The summed E-state index contributed by atoms with van der Waals surface area (Å²) in [6.45, 7) is 1.21. The van der Waals surface area contributed by atoms with Gasteiger partial charge in [-0.15, -0.1) is 0 Å². The average molecular weight is 367 g/mol. The van der Waals surface area contributed by atoms with Crippen LogP contribution in [0, 0.1) is 11.7 Å². The maximum atomic E-state index is 12.9. The summed E-state index contributed by atoms with van der Waals surface area (Å²) in [6.07, 6.45) is 4.55. The number of halogens is 1. The third-order valence-corrected chi connectivity index (χ3v) is 4.65. The van der Waals surface area contributed by atoms with E-state index in [-0.39, 0.29) is 30.2 Å². The first-order chi connectivity index (χ1) is 13.1. The molecular formula is C22H22FNO3. The Kier molecular flexibility index (Phi) is 6.36. The van der Waals surface area contributed by atoms with Crippen LogP contribution in [-0.2, 0) is 20.9 Å². The maximum Gasteiger partial charge on any atom is 0.309 e. The molecule has 5 heteroatoms. The number of carbonyl (C=O) groups is 2. The summed E-state index contributed by atoms with van der Waals surface area (Å²) in [6, 6.07) is 15.5. The zero-order valence-corrected chi connectivity index (χ0v) is 15.0. The Morgan fingerprint density at radius 2 is 1.70 bits per heavy atom. The molecule has 27 heavy (non-hydrogen) atoms. The molecular weight excluding hydrogens is 345 g/mol. The first-order valence-corrected chi connectivity index (χ1v) is 9.05. The Labute approximate surface area is 158 Å². The van der Waals surface area contributed by atoms with Gasteiger partial charge < -0.3 is 9.64 Å². The lowest BCUT2D eigenvalue weighted by Gasteiger charge is -2.30. The number of nitrogens with zero attached hydrogens (tertiary/aromatic N) is 1. The minimum absolute atomic E-state index is 0.0445. The van der Waals surface area contributed by atoms with Crippen LogP contribution in [0.15, 0.2) is 60.7 Å². The van der Waals surface area contributed by atoms with Crippen LogP contribution in [0.3, 0.4) is 0 Å². The molecule has 0 bridgehead atoms. The molecule has 0 saturated carbocycles. The number of carbonyl (C=O) groups excluding carboxylic acids is 2. The van der Waals surface area contributed by atoms with Crippen molar-refractivity contribution in [1.29, 1.82) is 0 Å². The van der Waals surface area contributed by atoms with Gasteiger partial charge in [-0.3, -0.25) is 9.59 Å². The molecule has 0 aromatic heterocycles. The highest BCUT2D eigenvalue weighted by Gasteiger charge is 2.27. The normalized spacial score (nSPS) is 15.1. The second-order valence-electron chi connectivity index (χ2n) is 6.58. The lowest BCUT2D eigenvalue weighted by molar-refractivity contribution is -0.152. The van der Waals surface area contributed by atoms with Crippen molar-refractivity contribution in [2.45, 2.75) is 19.4 Å². The quantitative estimate of drug-likeness (QED) is 0.596. The monoisotopic (exact) mass is 367 g/mol. The Bertz CT molecular complexity index is 794. The number of likely N-dealkylation sites (tertiary alicyclic amines) is 1. The number of amides is 1. The van der Waals surface area contributed by atoms with E-state index in [0.29, 0.717) is 25.9 Å². The fourth-order valence-corrected chi connectivity index (χ4v) is 3.03. The topological polar surface area (TPSA) is 46.6 Å². The molecule has 1 amide bonds. The first kappa shape index (κ1) is 18.8. The van der Waals surface area contributed by atoms with Gasteiger partial charge in [-0.25, -0.2) is 4.39 Å². The molecule has 0 radical (unpaired) electrons. The van der Waals surface area contributed by atoms with Crippen molar-refractivity contribution in [3.63, 3.8) is 0 Å². The summed E-state index contributed by atoms with van der Waals surface area (Å²) in [4.78, 5) is 26.2. The van der Waals surface area contributed by atoms with Crippen molar-refractivity contribution in [3.05, 3.63) is 77.6 Å². The predicted molar refractivity (Wildman–Crippen MR) is 101 cm³/mol. The lowest BCUT2D eigenvalue weighted by Crippen LogP contribution is -2.39. The largest absolute Gasteiger partial charge is 0.461 e. The van der Waals surface area contributed by atoms with Gasteiger partial charge >= 0.3 is 5.97 Å². The smallest absolute Gasteiger partial charge is 0.309 e. The van der Waals surface area contributed by atoms with Crippen LogP contribution in [0.25, 0.3) is 6.08 Å². The van der Waals surface area contributed by atoms with Crippen LogP contribution >= 0.6 is 0 Å². The van der Waals surface area contributed by atoms with E-state index in [4.69, 9.17) is 4.74 Å². The van der Waals surface area contributed by atoms with E-state index in [1.165, 1.54) is 12.1 Å². The summed E-state index contributed by atoms with van der Waals surface area (Å²) in [5.74, 6) is -0.820. The van der Waals surface area contributed by atoms with Crippen LogP contribution in [0.5, 0.6) is 0 Å². The first-order valence-electron chi connectivity index (χ1n) is 9.05. The van der Waals surface area contributed by atoms with Crippen molar-refractivity contribution in [2.75, 3.05) is 13.1 Å². The highest BCUT2D eigenvalue weighted by molar-refractivity contribution is 5.92. The Balaban J connectivity index is 1.43. The van der Waals surface area contributed by atoms with Crippen LogP contribution in [0.2, 0.25) is 0 Å². The van der Waals surface area contributed by atoms with E-state index in [2.05, 4.69) is 0 Å². The number of ether oxygens (including phenoxy) is 1. The van der Waals surface area contributed by atoms with Gasteiger partial charge in [0.2, 0.25) is 5.91 Å². The van der Waals surface area contributed by atoms with Crippen molar-refractivity contribution in [3.8, 4) is 0 Å². The van der Waals surface area contributed by atoms with Crippen molar-refractivity contribution in [1.82, 2.24) is 4.90 Å². The van der Waals surface area contributed by atoms with Gasteiger partial charge in [-0.1, -0.05) is 42.5 Å². The molecule has 1 saturated heterocycles. The van der Waals surface area contributed by atoms with Gasteiger partial charge in [0.25, 0.3) is 0 Å². The standard InChI is InChI=1S/C22H22FNO3/c23-20-9-6-18(7-10-20)16-27-22(26)19-12-14-24(15-13-19)21(25)11-8-17-4-2-1-3-5-17/h1-11,19H,12-16H2/b11-8+. The second-order valence-corrected chi connectivity index (χ2v) is 6.58. The summed E-state index contributed by atoms with van der Waals surface area (Å²) in [5.41, 5.74) is 1.73. The minimum Gasteiger partial charge on any atom is -0.461 e. The highest BCUT2D eigenvalue weighted by Crippen LogP contribution is 2.20. The van der Waals surface area contributed by atoms with Crippen molar-refractivity contribution < 1.29 is 18.7 Å². The average Bonchev–Trinajstić information content (AvgIpc) is 2.72. The lowest BCUT2D eigenvalue weighted by atomic mass is 9.97. The molecule has 0 unspecified atom stereocenters. The van der Waals surface area contributed by atoms with Gasteiger partial charge in [0.15, 0.2) is 0 Å². The number of esters is 1. The van der Waals surface area contributed by atoms with Crippen molar-refractivity contribution in [2.24, 2.45) is 5.92 Å². The third-order valence-electron chi connectivity index (χ3n) is 4.65. The molecule has 4 nitrogen and oxygen atoms in total. The predicted octanol–water partition coefficient (Wildman–Crippen LogP) is 3.82. The van der Waals surface area contributed by atoms with Crippen molar-refractivity contribution >= 4 is 18.0 Å². The Morgan fingerprint density at radius 3 is 2.37 bits per heavy atom. The number of rotatable bonds is 5. The molecule has 0 N–H and O–H groups in total. The highest BCUT2D eigenvalue weighted by atomic mass is 19.1. The van der Waals surface area contributed by atoms with Crippen LogP contribution in [0.4, 0.5) is 4.39 Å². The van der Waals surface area contributed by atoms with Gasteiger partial charge in [0.1, 0.15) is 12.4 Å². The van der Waals surface area contributed by atoms with Gasteiger partial charge in [-0.05, 0) is 42.2 Å². The van der Waals surface area contributed by atoms with E-state index < -0.39 is 0 Å². The van der Waals surface area contributed by atoms with E-state index in [0.717, 1.165) is 11.1 Å². The zero-order chi connectivity index (χ0) is 19.1. The molecule has 0 spiro atoms. The van der Waals surface area contributed by atoms with E-state index in [1.807, 2.05) is 30.3 Å².